The summed E-state index contributed by atoms with van der Waals surface area (Å²) >= 11 is 0. The van der Waals surface area contributed by atoms with Gasteiger partial charge in [-0.2, -0.15) is 0 Å². The number of carbonyl (C=O) groups excluding carboxylic acids is 1. The number of hydrogen-bond donors (Lipinski definition) is 1. The molecule has 0 spiro atoms. The molecule has 0 saturated carbocycles. The number of nitrogens with zero attached hydrogens (tertiary/aromatic N) is 1. The van der Waals surface area contributed by atoms with Gasteiger partial charge < -0.3 is 5.73 Å². The number of nitrogens with two attached hydrogens (primary N) is 1. The first-order chi connectivity index (χ1) is 6.43. The van der Waals surface area contributed by atoms with Crippen LogP contribution >= 0.6 is 0 Å². The van der Waals surface area contributed by atoms with Crippen molar-refractivity contribution in [2.24, 2.45) is 0 Å². The number of nitro benzene ring substituents is 1. The molecule has 1 aromatic rings. The number of rotatable bonds is 2. The smallest absolute Gasteiger partial charge is 0.273 e. The van der Waals surface area contributed by atoms with Crippen molar-refractivity contribution in [3.05, 3.63) is 33.4 Å². The Hall–Kier alpha value is -1.91. The number of anilines is 1. The van der Waals surface area contributed by atoms with E-state index in [4.69, 9.17) is 5.73 Å². The molecule has 0 aliphatic carbocycles. The Morgan fingerprint density at radius 2 is 2.07 bits per heavy atom. The molecule has 5 nitrogen and oxygen atoms in total. The van der Waals surface area contributed by atoms with Crippen LogP contribution < -0.4 is 5.73 Å². The molecule has 0 aromatic heterocycles. The lowest BCUT2D eigenvalue weighted by Crippen LogP contribution is -2.02. The largest absolute Gasteiger partial charge is 0.398 e. The van der Waals surface area contributed by atoms with Gasteiger partial charge in [-0.1, -0.05) is 0 Å². The minimum atomic E-state index is -0.527. The van der Waals surface area contributed by atoms with E-state index in [0.717, 1.165) is 0 Å². The highest BCUT2D eigenvalue weighted by Crippen LogP contribution is 2.24. The number of Topliss-reactive ketones (excluding diaryl/α,β-unsaturated/α-hetero) is 1. The van der Waals surface area contributed by atoms with Gasteiger partial charge in [0.1, 0.15) is 0 Å². The lowest BCUT2D eigenvalue weighted by molar-refractivity contribution is -0.385. The second-order valence-corrected chi connectivity index (χ2v) is 3.04. The van der Waals surface area contributed by atoms with E-state index in [-0.39, 0.29) is 22.7 Å². The predicted molar refractivity (Wildman–Crippen MR) is 52.3 cm³/mol. The number of carbonyl (C=O) groups is 1. The molecular weight excluding hydrogens is 184 g/mol. The number of nitro groups is 1. The molecule has 0 unspecified atom stereocenters. The van der Waals surface area contributed by atoms with Gasteiger partial charge in [0.25, 0.3) is 5.69 Å². The van der Waals surface area contributed by atoms with Crippen molar-refractivity contribution in [1.82, 2.24) is 0 Å². The molecule has 2 N–H and O–H groups in total. The van der Waals surface area contributed by atoms with Crippen molar-refractivity contribution in [3.8, 4) is 0 Å². The van der Waals surface area contributed by atoms with Gasteiger partial charge >= 0.3 is 0 Å². The molecule has 0 atom stereocenters. The zero-order valence-corrected chi connectivity index (χ0v) is 7.90. The molecule has 14 heavy (non-hydrogen) atoms. The van der Waals surface area contributed by atoms with Crippen molar-refractivity contribution in [1.29, 1.82) is 0 Å². The van der Waals surface area contributed by atoms with Crippen LogP contribution in [0.15, 0.2) is 12.1 Å². The molecule has 0 fully saturated rings. The van der Waals surface area contributed by atoms with E-state index >= 15 is 0 Å². The Bertz CT molecular complexity index is 378. The molecule has 0 radical (unpaired) electrons. The molecule has 0 bridgehead atoms. The average molecular weight is 194 g/mol. The summed E-state index contributed by atoms with van der Waals surface area (Å²) in [6.45, 7) is 2.91. The van der Waals surface area contributed by atoms with Crippen molar-refractivity contribution in [2.75, 3.05) is 5.73 Å². The van der Waals surface area contributed by atoms with E-state index in [9.17, 15) is 14.9 Å². The Morgan fingerprint density at radius 1 is 1.50 bits per heavy atom. The van der Waals surface area contributed by atoms with Gasteiger partial charge in [0.15, 0.2) is 5.78 Å². The third kappa shape index (κ3) is 1.71. The molecule has 0 amide bonds. The van der Waals surface area contributed by atoms with E-state index in [2.05, 4.69) is 0 Å². The normalized spacial score (nSPS) is 9.86. The Morgan fingerprint density at radius 3 is 2.50 bits per heavy atom. The maximum atomic E-state index is 11.0. The Kier molecular flexibility index (Phi) is 2.51. The summed E-state index contributed by atoms with van der Waals surface area (Å²) in [5.41, 5.74) is 6.40. The summed E-state index contributed by atoms with van der Waals surface area (Å²) in [4.78, 5) is 21.1. The van der Waals surface area contributed by atoms with E-state index in [1.807, 2.05) is 0 Å². The number of ketones is 1. The number of nitrogen functional groups attached to an aromatic ring is 1. The van der Waals surface area contributed by atoms with Crippen LogP contribution in [0.25, 0.3) is 0 Å². The van der Waals surface area contributed by atoms with E-state index in [1.165, 1.54) is 19.1 Å². The lowest BCUT2D eigenvalue weighted by Gasteiger charge is -2.03. The average Bonchev–Trinajstić information content (AvgIpc) is 2.02. The topological polar surface area (TPSA) is 86.2 Å². The molecule has 0 aliphatic rings. The lowest BCUT2D eigenvalue weighted by atomic mass is 10.1. The highest BCUT2D eigenvalue weighted by Gasteiger charge is 2.15. The van der Waals surface area contributed by atoms with Crippen LogP contribution in [0.5, 0.6) is 0 Å². The minimum absolute atomic E-state index is 0.0793. The highest BCUT2D eigenvalue weighted by atomic mass is 16.6. The van der Waals surface area contributed by atoms with Crippen LogP contribution in [-0.4, -0.2) is 10.7 Å². The van der Waals surface area contributed by atoms with Gasteiger partial charge in [0.2, 0.25) is 0 Å². The van der Waals surface area contributed by atoms with Crippen molar-refractivity contribution >= 4 is 17.2 Å². The Balaban J connectivity index is 3.42. The van der Waals surface area contributed by atoms with E-state index < -0.39 is 4.92 Å². The first-order valence-corrected chi connectivity index (χ1v) is 3.99. The summed E-state index contributed by atoms with van der Waals surface area (Å²) in [5, 5.41) is 10.6. The van der Waals surface area contributed by atoms with Gasteiger partial charge in [0.05, 0.1) is 4.92 Å². The fourth-order valence-electron chi connectivity index (χ4n) is 1.22. The standard InChI is InChI=1S/C9H10N2O3/c1-5-3-8(10)7(6(2)12)4-9(5)11(13)14/h3-4H,10H2,1-2H3. The maximum absolute atomic E-state index is 11.0. The van der Waals surface area contributed by atoms with Crippen LogP contribution in [0, 0.1) is 17.0 Å². The number of hydrogen-bond acceptors (Lipinski definition) is 4. The molecule has 5 heteroatoms. The van der Waals surface area contributed by atoms with Crippen LogP contribution in [-0.2, 0) is 0 Å². The fraction of sp³-hybridized carbons (Fsp3) is 0.222. The van der Waals surface area contributed by atoms with Crippen LogP contribution in [0.4, 0.5) is 11.4 Å². The predicted octanol–water partition coefficient (Wildman–Crippen LogP) is 1.69. The maximum Gasteiger partial charge on any atom is 0.273 e. The number of aryl methyl sites for hydroxylation is 1. The van der Waals surface area contributed by atoms with Gasteiger partial charge in [-0.3, -0.25) is 14.9 Å². The molecule has 0 aliphatic heterocycles. The van der Waals surface area contributed by atoms with Crippen LogP contribution in [0.2, 0.25) is 0 Å². The first-order valence-electron chi connectivity index (χ1n) is 3.99. The summed E-state index contributed by atoms with van der Waals surface area (Å²) < 4.78 is 0. The summed E-state index contributed by atoms with van der Waals surface area (Å²) in [7, 11) is 0. The second-order valence-electron chi connectivity index (χ2n) is 3.04. The minimum Gasteiger partial charge on any atom is -0.398 e. The monoisotopic (exact) mass is 194 g/mol. The zero-order valence-electron chi connectivity index (χ0n) is 7.90. The van der Waals surface area contributed by atoms with Crippen molar-refractivity contribution in [2.45, 2.75) is 13.8 Å². The van der Waals surface area contributed by atoms with Gasteiger partial charge in [0, 0.05) is 22.9 Å². The molecule has 0 heterocycles. The third-order valence-electron chi connectivity index (χ3n) is 1.94. The summed E-state index contributed by atoms with van der Waals surface area (Å²) in [6, 6.07) is 2.65. The van der Waals surface area contributed by atoms with E-state index in [1.54, 1.807) is 6.92 Å². The SMILES string of the molecule is CC(=O)c1cc([N+](=O)[O-])c(C)cc1N. The zero-order chi connectivity index (χ0) is 10.9. The molecule has 1 aromatic carbocycles. The van der Waals surface area contributed by atoms with Crippen molar-refractivity contribution < 1.29 is 9.72 Å². The van der Waals surface area contributed by atoms with E-state index in [0.29, 0.717) is 5.56 Å². The highest BCUT2D eigenvalue weighted by molar-refractivity contribution is 5.99. The van der Waals surface area contributed by atoms with Gasteiger partial charge in [-0.25, -0.2) is 0 Å². The van der Waals surface area contributed by atoms with Gasteiger partial charge in [-0.05, 0) is 19.9 Å². The summed E-state index contributed by atoms with van der Waals surface area (Å²) in [5.74, 6) is -0.273. The summed E-state index contributed by atoms with van der Waals surface area (Å²) in [6.07, 6.45) is 0. The third-order valence-corrected chi connectivity index (χ3v) is 1.94. The van der Waals surface area contributed by atoms with Gasteiger partial charge in [-0.15, -0.1) is 0 Å². The molecule has 0 saturated heterocycles. The first kappa shape index (κ1) is 10.2. The van der Waals surface area contributed by atoms with Crippen molar-refractivity contribution in [3.63, 3.8) is 0 Å². The molecular formula is C9H10N2O3. The number of benzene rings is 1. The van der Waals surface area contributed by atoms with Crippen LogP contribution in [0.3, 0.4) is 0 Å². The Labute approximate surface area is 80.7 Å². The molecule has 1 rings (SSSR count). The second kappa shape index (κ2) is 3.45. The molecule has 74 valence electrons. The quantitative estimate of drug-likeness (QED) is 0.336. The van der Waals surface area contributed by atoms with Crippen LogP contribution in [0.1, 0.15) is 22.8 Å². The fourth-order valence-corrected chi connectivity index (χ4v) is 1.22.